The molecule has 0 radical (unpaired) electrons. The Morgan fingerprint density at radius 2 is 2.12 bits per heavy atom. The van der Waals surface area contributed by atoms with E-state index in [2.05, 4.69) is 11.4 Å². The van der Waals surface area contributed by atoms with Gasteiger partial charge in [-0.2, -0.15) is 5.26 Å². The summed E-state index contributed by atoms with van der Waals surface area (Å²) in [5, 5.41) is 20.7. The summed E-state index contributed by atoms with van der Waals surface area (Å²) in [6.07, 6.45) is 3.02. The summed E-state index contributed by atoms with van der Waals surface area (Å²) < 4.78 is 0. The fraction of sp³-hybridized carbons (Fsp3) is 0.462. The Labute approximate surface area is 96.7 Å². The first-order chi connectivity index (χ1) is 7.86. The summed E-state index contributed by atoms with van der Waals surface area (Å²) in [5.74, 6) is 0. The second-order valence-corrected chi connectivity index (χ2v) is 3.77. The third-order valence-corrected chi connectivity index (χ3v) is 2.40. The summed E-state index contributed by atoms with van der Waals surface area (Å²) in [6, 6.07) is 9.76. The number of hydrogen-bond donors (Lipinski definition) is 2. The van der Waals surface area contributed by atoms with Crippen molar-refractivity contribution in [3.05, 3.63) is 35.4 Å². The third kappa shape index (κ3) is 4.92. The molecule has 0 aromatic heterocycles. The van der Waals surface area contributed by atoms with Crippen LogP contribution in [0.5, 0.6) is 0 Å². The molecule has 0 bridgehead atoms. The molecule has 0 spiro atoms. The largest absolute Gasteiger partial charge is 0.396 e. The van der Waals surface area contributed by atoms with E-state index in [0.29, 0.717) is 5.56 Å². The van der Waals surface area contributed by atoms with E-state index in [1.807, 2.05) is 24.3 Å². The van der Waals surface area contributed by atoms with E-state index in [1.54, 1.807) is 0 Å². The van der Waals surface area contributed by atoms with Gasteiger partial charge in [0.05, 0.1) is 11.6 Å². The Kier molecular flexibility index (Phi) is 6.24. The molecule has 0 saturated heterocycles. The van der Waals surface area contributed by atoms with Crippen LogP contribution in [0, 0.1) is 11.3 Å². The minimum absolute atomic E-state index is 0.282. The highest BCUT2D eigenvalue weighted by Crippen LogP contribution is 2.03. The van der Waals surface area contributed by atoms with Crippen molar-refractivity contribution in [2.24, 2.45) is 0 Å². The van der Waals surface area contributed by atoms with Crippen LogP contribution in [0.1, 0.15) is 30.4 Å². The van der Waals surface area contributed by atoms with Crippen LogP contribution in [0.3, 0.4) is 0 Å². The van der Waals surface area contributed by atoms with E-state index in [-0.39, 0.29) is 6.61 Å². The zero-order valence-corrected chi connectivity index (χ0v) is 9.45. The van der Waals surface area contributed by atoms with Crippen LogP contribution in [0.15, 0.2) is 24.3 Å². The van der Waals surface area contributed by atoms with E-state index >= 15 is 0 Å². The molecular formula is C13H18N2O. The molecule has 86 valence electrons. The van der Waals surface area contributed by atoms with Gasteiger partial charge in [-0.25, -0.2) is 0 Å². The molecule has 3 heteroatoms. The highest BCUT2D eigenvalue weighted by Gasteiger charge is 1.94. The SMILES string of the molecule is N#Cc1cccc(CNCCCCCO)c1. The van der Waals surface area contributed by atoms with Crippen LogP contribution < -0.4 is 5.32 Å². The number of aliphatic hydroxyl groups excluding tert-OH is 1. The first-order valence-electron chi connectivity index (χ1n) is 5.67. The molecule has 1 rings (SSSR count). The average molecular weight is 218 g/mol. The molecule has 0 aliphatic heterocycles. The number of nitriles is 1. The molecule has 1 aromatic rings. The molecule has 16 heavy (non-hydrogen) atoms. The van der Waals surface area contributed by atoms with Crippen molar-refractivity contribution in [1.82, 2.24) is 5.32 Å². The number of unbranched alkanes of at least 4 members (excludes halogenated alkanes) is 2. The quantitative estimate of drug-likeness (QED) is 0.686. The number of rotatable bonds is 7. The van der Waals surface area contributed by atoms with Gasteiger partial charge >= 0.3 is 0 Å². The number of hydrogen-bond acceptors (Lipinski definition) is 3. The van der Waals surface area contributed by atoms with Crippen molar-refractivity contribution >= 4 is 0 Å². The van der Waals surface area contributed by atoms with Gasteiger partial charge in [0.1, 0.15) is 0 Å². The van der Waals surface area contributed by atoms with Crippen molar-refractivity contribution in [1.29, 1.82) is 5.26 Å². The number of nitrogens with zero attached hydrogens (tertiary/aromatic N) is 1. The van der Waals surface area contributed by atoms with Gasteiger partial charge in [0, 0.05) is 13.2 Å². The van der Waals surface area contributed by atoms with Crippen molar-refractivity contribution in [3.63, 3.8) is 0 Å². The lowest BCUT2D eigenvalue weighted by Gasteiger charge is -2.04. The van der Waals surface area contributed by atoms with Gasteiger partial charge in [-0.3, -0.25) is 0 Å². The monoisotopic (exact) mass is 218 g/mol. The molecule has 0 amide bonds. The molecule has 0 aliphatic rings. The lowest BCUT2D eigenvalue weighted by Crippen LogP contribution is -2.14. The number of benzene rings is 1. The fourth-order valence-corrected chi connectivity index (χ4v) is 1.52. The number of nitrogens with one attached hydrogen (secondary N) is 1. The molecule has 0 unspecified atom stereocenters. The topological polar surface area (TPSA) is 56.0 Å². The van der Waals surface area contributed by atoms with E-state index in [0.717, 1.165) is 37.9 Å². The van der Waals surface area contributed by atoms with Crippen LogP contribution in [0.2, 0.25) is 0 Å². The maximum Gasteiger partial charge on any atom is 0.0991 e. The standard InChI is InChI=1S/C13H18N2O/c14-10-12-5-4-6-13(9-12)11-15-7-2-1-3-8-16/h4-6,9,15-16H,1-3,7-8,11H2. The van der Waals surface area contributed by atoms with Gasteiger partial charge in [-0.1, -0.05) is 12.1 Å². The zero-order valence-electron chi connectivity index (χ0n) is 9.45. The van der Waals surface area contributed by atoms with Crippen LogP contribution in [-0.4, -0.2) is 18.3 Å². The summed E-state index contributed by atoms with van der Waals surface area (Å²) in [7, 11) is 0. The Balaban J connectivity index is 2.19. The average Bonchev–Trinajstić information content (AvgIpc) is 2.34. The van der Waals surface area contributed by atoms with E-state index in [9.17, 15) is 0 Å². The van der Waals surface area contributed by atoms with E-state index in [4.69, 9.17) is 10.4 Å². The van der Waals surface area contributed by atoms with Crippen LogP contribution >= 0.6 is 0 Å². The van der Waals surface area contributed by atoms with Gasteiger partial charge in [0.2, 0.25) is 0 Å². The van der Waals surface area contributed by atoms with Gasteiger partial charge in [0.15, 0.2) is 0 Å². The molecule has 2 N–H and O–H groups in total. The molecule has 0 saturated carbocycles. The fourth-order valence-electron chi connectivity index (χ4n) is 1.52. The van der Waals surface area contributed by atoms with E-state index in [1.165, 1.54) is 0 Å². The second kappa shape index (κ2) is 7.86. The van der Waals surface area contributed by atoms with Gasteiger partial charge in [-0.05, 0) is 43.5 Å². The number of aliphatic hydroxyl groups is 1. The first-order valence-corrected chi connectivity index (χ1v) is 5.67. The second-order valence-electron chi connectivity index (χ2n) is 3.77. The summed E-state index contributed by atoms with van der Waals surface area (Å²) in [6.45, 7) is 2.04. The van der Waals surface area contributed by atoms with Crippen molar-refractivity contribution in [2.45, 2.75) is 25.8 Å². The smallest absolute Gasteiger partial charge is 0.0991 e. The first kappa shape index (κ1) is 12.7. The predicted octanol–water partition coefficient (Wildman–Crippen LogP) is 1.81. The van der Waals surface area contributed by atoms with Crippen molar-refractivity contribution < 1.29 is 5.11 Å². The normalized spacial score (nSPS) is 10.0. The van der Waals surface area contributed by atoms with Gasteiger partial charge < -0.3 is 10.4 Å². The molecule has 3 nitrogen and oxygen atoms in total. The lowest BCUT2D eigenvalue weighted by atomic mass is 10.1. The van der Waals surface area contributed by atoms with Gasteiger partial charge in [0.25, 0.3) is 0 Å². The molecule has 1 aromatic carbocycles. The highest BCUT2D eigenvalue weighted by molar-refractivity contribution is 5.32. The summed E-state index contributed by atoms with van der Waals surface area (Å²) in [4.78, 5) is 0. The van der Waals surface area contributed by atoms with E-state index < -0.39 is 0 Å². The maximum atomic E-state index is 8.74. The zero-order chi connectivity index (χ0) is 11.6. The van der Waals surface area contributed by atoms with Crippen LogP contribution in [-0.2, 0) is 6.54 Å². The molecule has 0 atom stereocenters. The van der Waals surface area contributed by atoms with Crippen molar-refractivity contribution in [2.75, 3.05) is 13.2 Å². The third-order valence-electron chi connectivity index (χ3n) is 2.40. The summed E-state index contributed by atoms with van der Waals surface area (Å²) in [5.41, 5.74) is 1.85. The Morgan fingerprint density at radius 3 is 2.88 bits per heavy atom. The maximum absolute atomic E-state index is 8.74. The molecule has 0 aliphatic carbocycles. The van der Waals surface area contributed by atoms with Crippen molar-refractivity contribution in [3.8, 4) is 6.07 Å². The van der Waals surface area contributed by atoms with Gasteiger partial charge in [-0.15, -0.1) is 0 Å². The Hall–Kier alpha value is -1.37. The summed E-state index contributed by atoms with van der Waals surface area (Å²) >= 11 is 0. The minimum atomic E-state index is 0.282. The Bertz CT molecular complexity index is 344. The molecule has 0 heterocycles. The predicted molar refractivity (Wildman–Crippen MR) is 63.8 cm³/mol. The molecule has 0 fully saturated rings. The highest BCUT2D eigenvalue weighted by atomic mass is 16.2. The minimum Gasteiger partial charge on any atom is -0.396 e. The van der Waals surface area contributed by atoms with Crippen LogP contribution in [0.4, 0.5) is 0 Å². The molecular weight excluding hydrogens is 200 g/mol. The Morgan fingerprint density at radius 1 is 1.25 bits per heavy atom. The lowest BCUT2D eigenvalue weighted by molar-refractivity contribution is 0.283. The van der Waals surface area contributed by atoms with Crippen LogP contribution in [0.25, 0.3) is 0 Å².